The molecule has 0 bridgehead atoms. The molecule has 1 N–H and O–H groups in total. The number of hydrogen-bond donors (Lipinski definition) is 1. The second-order valence-corrected chi connectivity index (χ2v) is 6.10. The van der Waals surface area contributed by atoms with Gasteiger partial charge in [-0.05, 0) is 37.6 Å². The summed E-state index contributed by atoms with van der Waals surface area (Å²) in [6.07, 6.45) is -4.38. The van der Waals surface area contributed by atoms with E-state index in [9.17, 15) is 18.0 Å². The van der Waals surface area contributed by atoms with Gasteiger partial charge in [-0.15, -0.1) is 0 Å². The lowest BCUT2D eigenvalue weighted by atomic mass is 10.1. The van der Waals surface area contributed by atoms with Gasteiger partial charge in [0.2, 0.25) is 0 Å². The monoisotopic (exact) mass is 362 g/mol. The molecule has 0 atom stereocenters. The fourth-order valence-corrected chi connectivity index (χ4v) is 2.84. The summed E-state index contributed by atoms with van der Waals surface area (Å²) in [5.41, 5.74) is 2.29. The molecule has 0 spiro atoms. The number of alkyl halides is 3. The maximum absolute atomic E-state index is 12.6. The number of pyridine rings is 1. The van der Waals surface area contributed by atoms with Crippen LogP contribution < -0.4 is 5.32 Å². The molecule has 0 saturated heterocycles. The second kappa shape index (κ2) is 6.44. The Kier molecular flexibility index (Phi) is 4.43. The zero-order chi connectivity index (χ0) is 19.1. The van der Waals surface area contributed by atoms with Gasteiger partial charge >= 0.3 is 6.18 Å². The number of aromatic nitrogens is 3. The van der Waals surface area contributed by atoms with E-state index in [2.05, 4.69) is 15.4 Å². The fraction of sp³-hybridized carbons (Fsp3) is 0.278. The highest BCUT2D eigenvalue weighted by Gasteiger charge is 2.29. The van der Waals surface area contributed by atoms with Crippen molar-refractivity contribution in [2.45, 2.75) is 26.6 Å². The van der Waals surface area contributed by atoms with Gasteiger partial charge in [0.15, 0.2) is 5.65 Å². The number of halogens is 3. The summed E-state index contributed by atoms with van der Waals surface area (Å²) < 4.78 is 39.4. The van der Waals surface area contributed by atoms with Crippen molar-refractivity contribution < 1.29 is 18.0 Å². The van der Waals surface area contributed by atoms with E-state index in [-0.39, 0.29) is 12.5 Å². The van der Waals surface area contributed by atoms with Gasteiger partial charge in [0.25, 0.3) is 5.91 Å². The molecule has 26 heavy (non-hydrogen) atoms. The molecular weight excluding hydrogens is 345 g/mol. The Morgan fingerprint density at radius 3 is 2.46 bits per heavy atom. The van der Waals surface area contributed by atoms with Crippen LogP contribution in [0.5, 0.6) is 0 Å². The lowest BCUT2D eigenvalue weighted by Crippen LogP contribution is -2.23. The van der Waals surface area contributed by atoms with Crippen molar-refractivity contribution >= 4 is 16.9 Å². The van der Waals surface area contributed by atoms with Crippen LogP contribution in [0.2, 0.25) is 0 Å². The number of carbonyl (C=O) groups is 1. The van der Waals surface area contributed by atoms with Crippen LogP contribution in [0.15, 0.2) is 30.3 Å². The number of nitrogens with zero attached hydrogens (tertiary/aromatic N) is 3. The third-order valence-electron chi connectivity index (χ3n) is 4.08. The summed E-state index contributed by atoms with van der Waals surface area (Å²) in [5, 5.41) is 7.71. The highest BCUT2D eigenvalue weighted by Crippen LogP contribution is 2.29. The van der Waals surface area contributed by atoms with Crippen molar-refractivity contribution in [1.29, 1.82) is 0 Å². The smallest absolute Gasteiger partial charge is 0.348 e. The first-order valence-corrected chi connectivity index (χ1v) is 7.92. The zero-order valence-electron chi connectivity index (χ0n) is 14.5. The first-order chi connectivity index (χ1) is 12.2. The molecule has 5 nitrogen and oxygen atoms in total. The molecule has 8 heteroatoms. The number of nitrogens with one attached hydrogen (secondary N) is 1. The van der Waals surface area contributed by atoms with E-state index in [0.717, 1.165) is 12.1 Å². The highest BCUT2D eigenvalue weighted by atomic mass is 19.4. The SMILES string of the molecule is Cc1cc(C(=O)NCc2ccc(C(F)(F)F)cc2)c2c(C)nn(C)c2n1. The third kappa shape index (κ3) is 3.40. The molecular formula is C18H17F3N4O. The quantitative estimate of drug-likeness (QED) is 0.775. The molecule has 0 aliphatic heterocycles. The minimum absolute atomic E-state index is 0.124. The number of carbonyl (C=O) groups excluding carboxylic acids is 1. The van der Waals surface area contributed by atoms with E-state index < -0.39 is 11.7 Å². The van der Waals surface area contributed by atoms with Crippen molar-refractivity contribution in [3.05, 3.63) is 58.4 Å². The van der Waals surface area contributed by atoms with Gasteiger partial charge in [0.1, 0.15) is 0 Å². The van der Waals surface area contributed by atoms with Crippen molar-refractivity contribution in [3.63, 3.8) is 0 Å². The van der Waals surface area contributed by atoms with Gasteiger partial charge in [-0.2, -0.15) is 18.3 Å². The van der Waals surface area contributed by atoms with E-state index in [0.29, 0.717) is 33.5 Å². The van der Waals surface area contributed by atoms with E-state index in [1.807, 2.05) is 0 Å². The molecule has 0 radical (unpaired) electrons. The topological polar surface area (TPSA) is 59.8 Å². The molecule has 0 aliphatic carbocycles. The lowest BCUT2D eigenvalue weighted by molar-refractivity contribution is -0.137. The van der Waals surface area contributed by atoms with Gasteiger partial charge in [-0.1, -0.05) is 12.1 Å². The Morgan fingerprint density at radius 2 is 1.85 bits per heavy atom. The summed E-state index contributed by atoms with van der Waals surface area (Å²) >= 11 is 0. The van der Waals surface area contributed by atoms with Crippen LogP contribution >= 0.6 is 0 Å². The zero-order valence-corrected chi connectivity index (χ0v) is 14.5. The Hall–Kier alpha value is -2.90. The van der Waals surface area contributed by atoms with Gasteiger partial charge in [0, 0.05) is 19.3 Å². The van der Waals surface area contributed by atoms with Crippen LogP contribution in [0.1, 0.15) is 32.9 Å². The number of aryl methyl sites for hydroxylation is 3. The molecule has 2 aromatic heterocycles. The molecule has 1 aromatic carbocycles. The Balaban J connectivity index is 1.82. The molecule has 3 rings (SSSR count). The standard InChI is InChI=1S/C18H17F3N4O/c1-10-8-14(15-11(2)24-25(3)16(15)23-10)17(26)22-9-12-4-6-13(7-5-12)18(19,20)21/h4-8H,9H2,1-3H3,(H,22,26). The summed E-state index contributed by atoms with van der Waals surface area (Å²) in [4.78, 5) is 17.0. The average Bonchev–Trinajstić information content (AvgIpc) is 2.85. The normalized spacial score (nSPS) is 11.8. The Morgan fingerprint density at radius 1 is 1.19 bits per heavy atom. The molecule has 1 amide bonds. The van der Waals surface area contributed by atoms with Crippen LogP contribution in [0, 0.1) is 13.8 Å². The lowest BCUT2D eigenvalue weighted by Gasteiger charge is -2.10. The predicted octanol–water partition coefficient (Wildman–Crippen LogP) is 3.53. The number of rotatable bonds is 3. The van der Waals surface area contributed by atoms with E-state index in [1.54, 1.807) is 31.6 Å². The van der Waals surface area contributed by atoms with E-state index >= 15 is 0 Å². The van der Waals surface area contributed by atoms with Crippen LogP contribution in [0.3, 0.4) is 0 Å². The summed E-state index contributed by atoms with van der Waals surface area (Å²) in [6.45, 7) is 3.71. The summed E-state index contributed by atoms with van der Waals surface area (Å²) in [5.74, 6) is -0.323. The minimum atomic E-state index is -4.38. The summed E-state index contributed by atoms with van der Waals surface area (Å²) in [7, 11) is 1.76. The van der Waals surface area contributed by atoms with E-state index in [1.165, 1.54) is 12.1 Å². The molecule has 3 aromatic rings. The van der Waals surface area contributed by atoms with Gasteiger partial charge in [-0.25, -0.2) is 4.98 Å². The van der Waals surface area contributed by atoms with Crippen molar-refractivity contribution in [3.8, 4) is 0 Å². The molecule has 0 unspecified atom stereocenters. The maximum atomic E-state index is 12.6. The summed E-state index contributed by atoms with van der Waals surface area (Å²) in [6, 6.07) is 6.39. The maximum Gasteiger partial charge on any atom is 0.416 e. The van der Waals surface area contributed by atoms with Crippen molar-refractivity contribution in [2.24, 2.45) is 7.05 Å². The number of benzene rings is 1. The molecule has 0 fully saturated rings. The largest absolute Gasteiger partial charge is 0.416 e. The minimum Gasteiger partial charge on any atom is -0.348 e. The fourth-order valence-electron chi connectivity index (χ4n) is 2.84. The van der Waals surface area contributed by atoms with Gasteiger partial charge < -0.3 is 5.32 Å². The van der Waals surface area contributed by atoms with Crippen LogP contribution in [-0.4, -0.2) is 20.7 Å². The first kappa shape index (κ1) is 17.9. The van der Waals surface area contributed by atoms with Crippen molar-refractivity contribution in [2.75, 3.05) is 0 Å². The molecule has 0 aliphatic rings. The number of hydrogen-bond acceptors (Lipinski definition) is 3. The Bertz CT molecular complexity index is 975. The molecule has 0 saturated carbocycles. The molecule has 136 valence electrons. The Labute approximate surface area is 147 Å². The van der Waals surface area contributed by atoms with Crippen LogP contribution in [0.25, 0.3) is 11.0 Å². The third-order valence-corrected chi connectivity index (χ3v) is 4.08. The second-order valence-electron chi connectivity index (χ2n) is 6.10. The van der Waals surface area contributed by atoms with Crippen LogP contribution in [0.4, 0.5) is 13.2 Å². The van der Waals surface area contributed by atoms with Gasteiger partial charge in [0.05, 0.1) is 22.2 Å². The van der Waals surface area contributed by atoms with Crippen LogP contribution in [-0.2, 0) is 19.8 Å². The van der Waals surface area contributed by atoms with E-state index in [4.69, 9.17) is 0 Å². The molecule has 2 heterocycles. The van der Waals surface area contributed by atoms with Crippen molar-refractivity contribution in [1.82, 2.24) is 20.1 Å². The first-order valence-electron chi connectivity index (χ1n) is 7.92. The number of amides is 1. The van der Waals surface area contributed by atoms with Gasteiger partial charge in [-0.3, -0.25) is 9.48 Å². The predicted molar refractivity (Wildman–Crippen MR) is 90.6 cm³/mol. The number of fused-ring (bicyclic) bond motifs is 1. The average molecular weight is 362 g/mol. The highest BCUT2D eigenvalue weighted by molar-refractivity contribution is 6.06.